The fraction of sp³-hybridized carbons (Fsp3) is 0.750. The van der Waals surface area contributed by atoms with Crippen LogP contribution in [0.2, 0.25) is 0 Å². The molecule has 1 aromatic rings. The number of hydrogen-bond donors (Lipinski definition) is 2. The fourth-order valence-corrected chi connectivity index (χ4v) is 3.92. The Labute approximate surface area is 119 Å². The van der Waals surface area contributed by atoms with Crippen LogP contribution in [0.4, 0.5) is 0 Å². The molecule has 0 aromatic carbocycles. The first-order valence-electron chi connectivity index (χ1n) is 6.85. The lowest BCUT2D eigenvalue weighted by molar-refractivity contribution is 0.0604. The summed E-state index contributed by atoms with van der Waals surface area (Å²) in [4.78, 5) is 0. The van der Waals surface area contributed by atoms with Gasteiger partial charge < -0.3 is 10.1 Å². The van der Waals surface area contributed by atoms with E-state index >= 15 is 0 Å². The Morgan fingerprint density at radius 1 is 1.50 bits per heavy atom. The second kappa shape index (κ2) is 6.66. The number of sulfonamides is 1. The molecule has 0 bridgehead atoms. The summed E-state index contributed by atoms with van der Waals surface area (Å²) in [6, 6.07) is 0. The number of aromatic nitrogens is 2. The predicted octanol–water partition coefficient (Wildman–Crippen LogP) is 0.319. The van der Waals surface area contributed by atoms with E-state index in [9.17, 15) is 8.42 Å². The fourth-order valence-electron chi connectivity index (χ4n) is 2.35. The highest BCUT2D eigenvalue weighted by atomic mass is 32.2. The normalized spacial score (nSPS) is 18.5. The molecule has 7 nitrogen and oxygen atoms in total. The number of nitrogens with zero attached hydrogens (tertiary/aromatic N) is 2. The SMILES string of the molecule is CCNCc1cn[nH]c1S(=O)(=O)N1CCC(OC)CC1. The van der Waals surface area contributed by atoms with Gasteiger partial charge in [-0.2, -0.15) is 9.40 Å². The van der Waals surface area contributed by atoms with Crippen LogP contribution in [-0.2, 0) is 21.3 Å². The Morgan fingerprint density at radius 2 is 2.20 bits per heavy atom. The second-order valence-corrected chi connectivity index (χ2v) is 6.72. The average molecular weight is 302 g/mol. The van der Waals surface area contributed by atoms with Crippen LogP contribution in [0.25, 0.3) is 0 Å². The zero-order valence-electron chi connectivity index (χ0n) is 11.9. The Balaban J connectivity index is 2.12. The summed E-state index contributed by atoms with van der Waals surface area (Å²) in [5.74, 6) is 0. The highest BCUT2D eigenvalue weighted by molar-refractivity contribution is 7.89. The first-order chi connectivity index (χ1) is 9.59. The van der Waals surface area contributed by atoms with Gasteiger partial charge in [0.15, 0.2) is 5.03 Å². The van der Waals surface area contributed by atoms with Gasteiger partial charge in [-0.25, -0.2) is 8.42 Å². The molecule has 2 rings (SSSR count). The molecule has 0 saturated carbocycles. The third-order valence-electron chi connectivity index (χ3n) is 3.58. The molecule has 2 N–H and O–H groups in total. The molecule has 0 unspecified atom stereocenters. The molecular weight excluding hydrogens is 280 g/mol. The van der Waals surface area contributed by atoms with Crippen molar-refractivity contribution in [2.75, 3.05) is 26.7 Å². The molecule has 114 valence electrons. The Kier molecular flexibility index (Phi) is 5.14. The molecule has 0 radical (unpaired) electrons. The lowest BCUT2D eigenvalue weighted by atomic mass is 10.1. The van der Waals surface area contributed by atoms with E-state index in [4.69, 9.17) is 4.74 Å². The van der Waals surface area contributed by atoms with Crippen LogP contribution in [0.5, 0.6) is 0 Å². The molecule has 1 aliphatic heterocycles. The standard InChI is InChI=1S/C12H22N4O3S/c1-3-13-8-10-9-14-15-12(10)20(17,18)16-6-4-11(19-2)5-7-16/h9,11,13H,3-8H2,1-2H3,(H,14,15). The first-order valence-corrected chi connectivity index (χ1v) is 8.29. The van der Waals surface area contributed by atoms with Crippen molar-refractivity contribution >= 4 is 10.0 Å². The number of rotatable bonds is 6. The molecular formula is C12H22N4O3S. The summed E-state index contributed by atoms with van der Waals surface area (Å²) in [5.41, 5.74) is 0.681. The van der Waals surface area contributed by atoms with Gasteiger partial charge in [-0.15, -0.1) is 0 Å². The molecule has 20 heavy (non-hydrogen) atoms. The molecule has 0 atom stereocenters. The van der Waals surface area contributed by atoms with E-state index < -0.39 is 10.0 Å². The maximum atomic E-state index is 12.6. The molecule has 1 aromatic heterocycles. The Morgan fingerprint density at radius 3 is 2.80 bits per heavy atom. The molecule has 2 heterocycles. The van der Waals surface area contributed by atoms with Crippen molar-refractivity contribution in [2.45, 2.75) is 37.4 Å². The van der Waals surface area contributed by atoms with E-state index in [0.717, 1.165) is 19.4 Å². The second-order valence-electron chi connectivity index (χ2n) is 4.84. The van der Waals surface area contributed by atoms with Crippen LogP contribution in [0.1, 0.15) is 25.3 Å². The lowest BCUT2D eigenvalue weighted by Crippen LogP contribution is -2.41. The van der Waals surface area contributed by atoms with Crippen molar-refractivity contribution in [3.05, 3.63) is 11.8 Å². The minimum Gasteiger partial charge on any atom is -0.381 e. The van der Waals surface area contributed by atoms with Gasteiger partial charge in [-0.3, -0.25) is 5.10 Å². The number of methoxy groups -OCH3 is 1. The molecule has 1 aliphatic rings. The third-order valence-corrected chi connectivity index (χ3v) is 5.49. The maximum absolute atomic E-state index is 12.6. The van der Waals surface area contributed by atoms with Crippen LogP contribution in [-0.4, -0.2) is 55.8 Å². The van der Waals surface area contributed by atoms with Gasteiger partial charge in [0.05, 0.1) is 12.3 Å². The van der Waals surface area contributed by atoms with Crippen molar-refractivity contribution in [3.63, 3.8) is 0 Å². The van der Waals surface area contributed by atoms with Crippen molar-refractivity contribution in [1.82, 2.24) is 19.8 Å². The number of aromatic amines is 1. The largest absolute Gasteiger partial charge is 0.381 e. The zero-order valence-corrected chi connectivity index (χ0v) is 12.7. The van der Waals surface area contributed by atoms with Crippen LogP contribution < -0.4 is 5.32 Å². The Bertz CT molecular complexity index is 521. The van der Waals surface area contributed by atoms with Gasteiger partial charge in [0, 0.05) is 32.3 Å². The molecule has 1 fully saturated rings. The average Bonchev–Trinajstić information content (AvgIpc) is 2.94. The van der Waals surface area contributed by atoms with E-state index in [1.165, 1.54) is 4.31 Å². The molecule has 0 spiro atoms. The topological polar surface area (TPSA) is 87.3 Å². The Hall–Kier alpha value is -0.960. The van der Waals surface area contributed by atoms with Gasteiger partial charge in [-0.1, -0.05) is 6.92 Å². The first kappa shape index (κ1) is 15.4. The highest BCUT2D eigenvalue weighted by Crippen LogP contribution is 2.22. The van der Waals surface area contributed by atoms with Crippen LogP contribution >= 0.6 is 0 Å². The molecule has 0 amide bonds. The van der Waals surface area contributed by atoms with Crippen molar-refractivity contribution in [3.8, 4) is 0 Å². The van der Waals surface area contributed by atoms with Gasteiger partial charge in [0.2, 0.25) is 0 Å². The number of ether oxygens (including phenoxy) is 1. The molecule has 1 saturated heterocycles. The van der Waals surface area contributed by atoms with Gasteiger partial charge in [0.1, 0.15) is 0 Å². The van der Waals surface area contributed by atoms with Crippen LogP contribution in [0, 0.1) is 0 Å². The van der Waals surface area contributed by atoms with Crippen LogP contribution in [0.15, 0.2) is 11.2 Å². The van der Waals surface area contributed by atoms with E-state index in [1.807, 2.05) is 6.92 Å². The van der Waals surface area contributed by atoms with Gasteiger partial charge >= 0.3 is 0 Å². The summed E-state index contributed by atoms with van der Waals surface area (Å²) in [5, 5.41) is 9.82. The third kappa shape index (κ3) is 3.20. The lowest BCUT2D eigenvalue weighted by Gasteiger charge is -2.30. The number of nitrogens with one attached hydrogen (secondary N) is 2. The van der Waals surface area contributed by atoms with E-state index in [1.54, 1.807) is 13.3 Å². The maximum Gasteiger partial charge on any atom is 0.260 e. The van der Waals surface area contributed by atoms with Crippen LogP contribution in [0.3, 0.4) is 0 Å². The van der Waals surface area contributed by atoms with Crippen molar-refractivity contribution < 1.29 is 13.2 Å². The van der Waals surface area contributed by atoms with E-state index in [2.05, 4.69) is 15.5 Å². The smallest absolute Gasteiger partial charge is 0.260 e. The summed E-state index contributed by atoms with van der Waals surface area (Å²) < 4.78 is 32.0. The monoisotopic (exact) mass is 302 g/mol. The highest BCUT2D eigenvalue weighted by Gasteiger charge is 2.32. The van der Waals surface area contributed by atoms with E-state index in [-0.39, 0.29) is 11.1 Å². The predicted molar refractivity (Wildman–Crippen MR) is 74.8 cm³/mol. The van der Waals surface area contributed by atoms with E-state index in [0.29, 0.717) is 25.2 Å². The van der Waals surface area contributed by atoms with Crippen molar-refractivity contribution in [1.29, 1.82) is 0 Å². The number of H-pyrrole nitrogens is 1. The quantitative estimate of drug-likeness (QED) is 0.790. The summed E-state index contributed by atoms with van der Waals surface area (Å²) in [7, 11) is -1.83. The minimum absolute atomic E-state index is 0.157. The molecule has 0 aliphatic carbocycles. The van der Waals surface area contributed by atoms with Gasteiger partial charge in [-0.05, 0) is 19.4 Å². The number of piperidine rings is 1. The number of hydrogen-bond acceptors (Lipinski definition) is 5. The molecule has 8 heteroatoms. The summed E-state index contributed by atoms with van der Waals surface area (Å²) in [6.45, 7) is 4.23. The summed E-state index contributed by atoms with van der Waals surface area (Å²) in [6.07, 6.45) is 3.18. The zero-order chi connectivity index (χ0) is 14.6. The summed E-state index contributed by atoms with van der Waals surface area (Å²) >= 11 is 0. The van der Waals surface area contributed by atoms with Crippen molar-refractivity contribution in [2.24, 2.45) is 0 Å². The van der Waals surface area contributed by atoms with Gasteiger partial charge in [0.25, 0.3) is 10.0 Å². The minimum atomic E-state index is -3.49.